The Balaban J connectivity index is 2.19. The van der Waals surface area contributed by atoms with Crippen LogP contribution in [0.4, 0.5) is 0 Å². The van der Waals surface area contributed by atoms with Crippen LogP contribution < -0.4 is 10.6 Å². The van der Waals surface area contributed by atoms with Crippen LogP contribution in [0.25, 0.3) is 0 Å². The highest BCUT2D eigenvalue weighted by Crippen LogP contribution is 2.08. The third-order valence-electron chi connectivity index (χ3n) is 2.54. The Morgan fingerprint density at radius 3 is 2.69 bits per heavy atom. The normalized spacial score (nSPS) is 25.6. The number of rotatable bonds is 2. The number of nitrogens with one attached hydrogen (secondary N) is 2. The molecule has 2 nitrogen and oxygen atoms in total. The fourth-order valence-electron chi connectivity index (χ4n) is 1.70. The van der Waals surface area contributed by atoms with Crippen molar-refractivity contribution in [1.82, 2.24) is 10.6 Å². The van der Waals surface area contributed by atoms with Crippen molar-refractivity contribution in [2.24, 2.45) is 0 Å². The second-order valence-corrected chi connectivity index (χ2v) is 5.13. The van der Waals surface area contributed by atoms with Gasteiger partial charge in [0.15, 0.2) is 0 Å². The quantitative estimate of drug-likeness (QED) is 0.685. The Bertz CT molecular complexity index is 130. The summed E-state index contributed by atoms with van der Waals surface area (Å²) in [6.07, 6.45) is 5.48. The van der Waals surface area contributed by atoms with Gasteiger partial charge in [-0.25, -0.2) is 0 Å². The lowest BCUT2D eigenvalue weighted by Crippen LogP contribution is -2.45. The molecule has 1 aliphatic rings. The second kappa shape index (κ2) is 4.97. The van der Waals surface area contributed by atoms with Gasteiger partial charge < -0.3 is 10.6 Å². The molecule has 0 aromatic rings. The van der Waals surface area contributed by atoms with E-state index in [1.807, 2.05) is 0 Å². The minimum atomic E-state index is 0.258. The molecule has 0 bridgehead atoms. The Hall–Kier alpha value is -0.0800. The van der Waals surface area contributed by atoms with Crippen LogP contribution in [0.3, 0.4) is 0 Å². The van der Waals surface area contributed by atoms with Crippen molar-refractivity contribution >= 4 is 0 Å². The standard InChI is InChI=1S/C11H24N2/c1-11(2,3)13-9-10-7-5-4-6-8-12-10/h10,12-13H,4-9H2,1-3H3. The maximum Gasteiger partial charge on any atom is 0.0192 e. The summed E-state index contributed by atoms with van der Waals surface area (Å²) < 4.78 is 0. The first-order chi connectivity index (χ1) is 6.08. The van der Waals surface area contributed by atoms with Crippen LogP contribution >= 0.6 is 0 Å². The van der Waals surface area contributed by atoms with Gasteiger partial charge in [0, 0.05) is 18.1 Å². The number of hydrogen-bond donors (Lipinski definition) is 2. The highest BCUT2D eigenvalue weighted by Gasteiger charge is 2.14. The lowest BCUT2D eigenvalue weighted by atomic mass is 10.1. The van der Waals surface area contributed by atoms with Crippen molar-refractivity contribution in [3.8, 4) is 0 Å². The number of hydrogen-bond acceptors (Lipinski definition) is 2. The SMILES string of the molecule is CC(C)(C)NCC1CCCCCN1. The molecule has 1 fully saturated rings. The summed E-state index contributed by atoms with van der Waals surface area (Å²) >= 11 is 0. The lowest BCUT2D eigenvalue weighted by Gasteiger charge is -2.25. The van der Waals surface area contributed by atoms with E-state index in [0.717, 1.165) is 6.54 Å². The molecular weight excluding hydrogens is 160 g/mol. The molecule has 1 saturated heterocycles. The van der Waals surface area contributed by atoms with Crippen molar-refractivity contribution in [2.45, 2.75) is 58.0 Å². The molecule has 2 heteroatoms. The van der Waals surface area contributed by atoms with Gasteiger partial charge in [-0.1, -0.05) is 12.8 Å². The first-order valence-electron chi connectivity index (χ1n) is 5.56. The Morgan fingerprint density at radius 2 is 2.00 bits per heavy atom. The van der Waals surface area contributed by atoms with E-state index in [-0.39, 0.29) is 5.54 Å². The van der Waals surface area contributed by atoms with E-state index in [9.17, 15) is 0 Å². The van der Waals surface area contributed by atoms with Crippen LogP contribution in [0, 0.1) is 0 Å². The molecule has 1 aliphatic heterocycles. The second-order valence-electron chi connectivity index (χ2n) is 5.13. The van der Waals surface area contributed by atoms with Gasteiger partial charge in [0.05, 0.1) is 0 Å². The zero-order valence-electron chi connectivity index (χ0n) is 9.32. The van der Waals surface area contributed by atoms with Crippen LogP contribution in [0.2, 0.25) is 0 Å². The molecular formula is C11H24N2. The summed E-state index contributed by atoms with van der Waals surface area (Å²) in [4.78, 5) is 0. The smallest absolute Gasteiger partial charge is 0.0192 e. The van der Waals surface area contributed by atoms with Gasteiger partial charge in [-0.05, 0) is 40.2 Å². The van der Waals surface area contributed by atoms with E-state index in [4.69, 9.17) is 0 Å². The molecule has 13 heavy (non-hydrogen) atoms. The van der Waals surface area contributed by atoms with Crippen LogP contribution in [-0.4, -0.2) is 24.7 Å². The molecule has 0 spiro atoms. The molecule has 0 amide bonds. The van der Waals surface area contributed by atoms with Crippen molar-refractivity contribution in [2.75, 3.05) is 13.1 Å². The highest BCUT2D eigenvalue weighted by atomic mass is 15.0. The van der Waals surface area contributed by atoms with Crippen molar-refractivity contribution in [1.29, 1.82) is 0 Å². The molecule has 78 valence electrons. The van der Waals surface area contributed by atoms with E-state index in [0.29, 0.717) is 6.04 Å². The molecule has 0 aromatic carbocycles. The summed E-state index contributed by atoms with van der Waals surface area (Å²) in [5.41, 5.74) is 0.258. The molecule has 0 aromatic heterocycles. The van der Waals surface area contributed by atoms with E-state index in [1.54, 1.807) is 0 Å². The fraction of sp³-hybridized carbons (Fsp3) is 1.00. The molecule has 1 unspecified atom stereocenters. The average molecular weight is 184 g/mol. The van der Waals surface area contributed by atoms with E-state index >= 15 is 0 Å². The maximum atomic E-state index is 3.59. The van der Waals surface area contributed by atoms with Gasteiger partial charge in [0.25, 0.3) is 0 Å². The van der Waals surface area contributed by atoms with E-state index < -0.39 is 0 Å². The largest absolute Gasteiger partial charge is 0.313 e. The summed E-state index contributed by atoms with van der Waals surface area (Å²) in [6.45, 7) is 9.00. The van der Waals surface area contributed by atoms with Gasteiger partial charge in [0.1, 0.15) is 0 Å². The first-order valence-corrected chi connectivity index (χ1v) is 5.56. The molecule has 0 aliphatic carbocycles. The fourth-order valence-corrected chi connectivity index (χ4v) is 1.70. The Morgan fingerprint density at radius 1 is 1.23 bits per heavy atom. The highest BCUT2D eigenvalue weighted by molar-refractivity contribution is 4.78. The molecule has 2 N–H and O–H groups in total. The molecule has 1 atom stereocenters. The zero-order valence-corrected chi connectivity index (χ0v) is 9.32. The first kappa shape index (κ1) is 11.0. The summed E-state index contributed by atoms with van der Waals surface area (Å²) in [6, 6.07) is 0.696. The molecule has 0 radical (unpaired) electrons. The van der Waals surface area contributed by atoms with Crippen LogP contribution in [0.5, 0.6) is 0 Å². The van der Waals surface area contributed by atoms with Gasteiger partial charge >= 0.3 is 0 Å². The molecule has 1 heterocycles. The lowest BCUT2D eigenvalue weighted by molar-refractivity contribution is 0.375. The molecule has 0 saturated carbocycles. The Labute approximate surface area is 82.5 Å². The molecule has 1 rings (SSSR count). The zero-order chi connectivity index (χ0) is 9.73. The average Bonchev–Trinajstić information content (AvgIpc) is 2.26. The predicted octanol–water partition coefficient (Wildman–Crippen LogP) is 1.91. The third-order valence-corrected chi connectivity index (χ3v) is 2.54. The van der Waals surface area contributed by atoms with Gasteiger partial charge in [0.2, 0.25) is 0 Å². The van der Waals surface area contributed by atoms with Crippen LogP contribution in [0.15, 0.2) is 0 Å². The van der Waals surface area contributed by atoms with Gasteiger partial charge in [-0.15, -0.1) is 0 Å². The summed E-state index contributed by atoms with van der Waals surface area (Å²) in [5.74, 6) is 0. The van der Waals surface area contributed by atoms with E-state index in [1.165, 1.54) is 32.2 Å². The van der Waals surface area contributed by atoms with Gasteiger partial charge in [-0.3, -0.25) is 0 Å². The van der Waals surface area contributed by atoms with E-state index in [2.05, 4.69) is 31.4 Å². The summed E-state index contributed by atoms with van der Waals surface area (Å²) in [7, 11) is 0. The monoisotopic (exact) mass is 184 g/mol. The predicted molar refractivity (Wildman–Crippen MR) is 58.0 cm³/mol. The van der Waals surface area contributed by atoms with Gasteiger partial charge in [-0.2, -0.15) is 0 Å². The van der Waals surface area contributed by atoms with Crippen LogP contribution in [0.1, 0.15) is 46.5 Å². The topological polar surface area (TPSA) is 24.1 Å². The van der Waals surface area contributed by atoms with Crippen molar-refractivity contribution in [3.05, 3.63) is 0 Å². The summed E-state index contributed by atoms with van der Waals surface area (Å²) in [5, 5.41) is 7.15. The third kappa shape index (κ3) is 5.27. The van der Waals surface area contributed by atoms with Crippen molar-refractivity contribution in [3.63, 3.8) is 0 Å². The van der Waals surface area contributed by atoms with Crippen LogP contribution in [-0.2, 0) is 0 Å². The maximum absolute atomic E-state index is 3.59. The minimum absolute atomic E-state index is 0.258. The Kier molecular flexibility index (Phi) is 4.20. The minimum Gasteiger partial charge on any atom is -0.313 e. The van der Waals surface area contributed by atoms with Crippen molar-refractivity contribution < 1.29 is 0 Å².